The molecule has 5 nitrogen and oxygen atoms in total. The van der Waals surface area contributed by atoms with Crippen molar-refractivity contribution in [1.29, 1.82) is 0 Å². The van der Waals surface area contributed by atoms with Gasteiger partial charge in [-0.2, -0.15) is 0 Å². The van der Waals surface area contributed by atoms with Crippen LogP contribution in [0.5, 0.6) is 0 Å². The van der Waals surface area contributed by atoms with Crippen LogP contribution < -0.4 is 0 Å². The first-order valence-electron chi connectivity index (χ1n) is 7.27. The molecule has 25 heavy (non-hydrogen) atoms. The molecule has 0 saturated carbocycles. The number of non-ortho nitro benzene ring substituents is 1. The Bertz CT molecular complexity index is 920. The van der Waals surface area contributed by atoms with Crippen molar-refractivity contribution in [3.63, 3.8) is 0 Å². The van der Waals surface area contributed by atoms with Gasteiger partial charge in [0.25, 0.3) is 5.69 Å². The number of nitro benzene ring substituents is 1. The number of nitro groups is 1. The molecule has 0 aromatic heterocycles. The fraction of sp³-hybridized carbons (Fsp3) is 0.0556. The highest BCUT2D eigenvalue weighted by Crippen LogP contribution is 2.33. The molecule has 0 N–H and O–H groups in total. The second-order valence-electron chi connectivity index (χ2n) is 5.20. The summed E-state index contributed by atoms with van der Waals surface area (Å²) in [5.41, 5.74) is 2.48. The highest BCUT2D eigenvalue weighted by atomic mass is 32.2. The molecule has 2 aromatic carbocycles. The summed E-state index contributed by atoms with van der Waals surface area (Å²) in [6.07, 6.45) is 3.63. The van der Waals surface area contributed by atoms with Crippen LogP contribution in [0.15, 0.2) is 70.8 Å². The standard InChI is InChI=1S/C18H13FN3O2S/c1-11-20-16(12-3-6-14(7-4-12)22(23)24)10-17(21-11)15-9-13(19)5-8-18(15)25-2/h3-10H,1H2,2H3/q-1. The number of rotatable bonds is 4. The SMILES string of the molecule is C=C1N=C(c2cc(F)ccc2SC)C=C(c2ccc([N+](=O)[O-])cc2)[N-]1. The summed E-state index contributed by atoms with van der Waals surface area (Å²) < 4.78 is 13.7. The van der Waals surface area contributed by atoms with E-state index < -0.39 is 4.92 Å². The van der Waals surface area contributed by atoms with E-state index in [-0.39, 0.29) is 11.5 Å². The Morgan fingerprint density at radius 1 is 1.24 bits per heavy atom. The predicted octanol–water partition coefficient (Wildman–Crippen LogP) is 5.14. The summed E-state index contributed by atoms with van der Waals surface area (Å²) in [5, 5.41) is 15.1. The third-order valence-electron chi connectivity index (χ3n) is 3.58. The third-order valence-corrected chi connectivity index (χ3v) is 4.38. The Morgan fingerprint density at radius 2 is 1.96 bits per heavy atom. The van der Waals surface area contributed by atoms with E-state index in [1.54, 1.807) is 24.3 Å². The van der Waals surface area contributed by atoms with Gasteiger partial charge in [-0.05, 0) is 59.1 Å². The van der Waals surface area contributed by atoms with Gasteiger partial charge in [-0.3, -0.25) is 10.1 Å². The van der Waals surface area contributed by atoms with Crippen molar-refractivity contribution >= 4 is 28.9 Å². The molecule has 0 fully saturated rings. The molecule has 0 unspecified atom stereocenters. The maximum absolute atomic E-state index is 13.7. The van der Waals surface area contributed by atoms with Gasteiger partial charge in [0, 0.05) is 17.0 Å². The van der Waals surface area contributed by atoms with Gasteiger partial charge in [-0.25, -0.2) is 4.39 Å². The lowest BCUT2D eigenvalue weighted by Crippen LogP contribution is -2.06. The number of hydrogen-bond acceptors (Lipinski definition) is 4. The van der Waals surface area contributed by atoms with Crippen LogP contribution in [0, 0.1) is 15.9 Å². The van der Waals surface area contributed by atoms with Crippen LogP contribution in [0.3, 0.4) is 0 Å². The van der Waals surface area contributed by atoms with E-state index in [0.29, 0.717) is 28.4 Å². The molecule has 1 heterocycles. The van der Waals surface area contributed by atoms with Crippen LogP contribution in [0.2, 0.25) is 0 Å². The normalized spacial score (nSPS) is 13.8. The zero-order valence-corrected chi connectivity index (χ0v) is 14.1. The Morgan fingerprint density at radius 3 is 2.60 bits per heavy atom. The van der Waals surface area contributed by atoms with E-state index in [0.717, 1.165) is 4.90 Å². The van der Waals surface area contributed by atoms with Crippen molar-refractivity contribution in [2.45, 2.75) is 4.90 Å². The number of aliphatic imine (C=N–C) groups is 1. The van der Waals surface area contributed by atoms with E-state index in [1.165, 1.54) is 36.0 Å². The minimum Gasteiger partial charge on any atom is -0.436 e. The lowest BCUT2D eigenvalue weighted by atomic mass is 10.0. The Kier molecular flexibility index (Phi) is 4.67. The Labute approximate surface area is 148 Å². The number of benzene rings is 2. The fourth-order valence-corrected chi connectivity index (χ4v) is 3.00. The van der Waals surface area contributed by atoms with Crippen molar-refractivity contribution in [2.24, 2.45) is 4.99 Å². The second-order valence-corrected chi connectivity index (χ2v) is 6.05. The lowest BCUT2D eigenvalue weighted by Gasteiger charge is -2.27. The average Bonchev–Trinajstić information content (AvgIpc) is 2.61. The molecule has 1 aliphatic rings. The molecule has 0 amide bonds. The minimum absolute atomic E-state index is 0.00248. The molecule has 0 bridgehead atoms. The number of halogens is 1. The second kappa shape index (κ2) is 6.90. The molecule has 7 heteroatoms. The first-order valence-corrected chi connectivity index (χ1v) is 8.50. The van der Waals surface area contributed by atoms with Gasteiger partial charge in [0.2, 0.25) is 0 Å². The molecule has 2 aromatic rings. The van der Waals surface area contributed by atoms with Crippen LogP contribution in [-0.2, 0) is 0 Å². The van der Waals surface area contributed by atoms with Crippen LogP contribution in [0.25, 0.3) is 11.0 Å². The average molecular weight is 354 g/mol. The number of allylic oxidation sites excluding steroid dienone is 1. The van der Waals surface area contributed by atoms with E-state index >= 15 is 0 Å². The molecular weight excluding hydrogens is 341 g/mol. The first-order chi connectivity index (χ1) is 12.0. The number of nitrogens with zero attached hydrogens (tertiary/aromatic N) is 3. The van der Waals surface area contributed by atoms with Crippen molar-refractivity contribution in [3.8, 4) is 0 Å². The van der Waals surface area contributed by atoms with E-state index in [1.807, 2.05) is 6.26 Å². The van der Waals surface area contributed by atoms with Crippen LogP contribution in [-0.4, -0.2) is 16.9 Å². The Hall–Kier alpha value is -2.93. The monoisotopic (exact) mass is 354 g/mol. The summed E-state index contributed by atoms with van der Waals surface area (Å²) in [7, 11) is 0. The summed E-state index contributed by atoms with van der Waals surface area (Å²) in [4.78, 5) is 15.5. The highest BCUT2D eigenvalue weighted by molar-refractivity contribution is 7.98. The van der Waals surface area contributed by atoms with Crippen LogP contribution >= 0.6 is 11.8 Å². The topological polar surface area (TPSA) is 69.6 Å². The summed E-state index contributed by atoms with van der Waals surface area (Å²) in [6.45, 7) is 3.79. The van der Waals surface area contributed by atoms with Crippen molar-refractivity contribution < 1.29 is 9.31 Å². The first kappa shape index (κ1) is 16.9. The molecule has 0 saturated heterocycles. The molecular formula is C18H13FN3O2S-. The van der Waals surface area contributed by atoms with Gasteiger partial charge in [0.1, 0.15) is 5.82 Å². The van der Waals surface area contributed by atoms with E-state index in [4.69, 9.17) is 0 Å². The molecule has 0 atom stereocenters. The fourth-order valence-electron chi connectivity index (χ4n) is 2.42. The molecule has 126 valence electrons. The van der Waals surface area contributed by atoms with E-state index in [2.05, 4.69) is 16.9 Å². The molecule has 0 radical (unpaired) electrons. The van der Waals surface area contributed by atoms with Gasteiger partial charge in [0.15, 0.2) is 0 Å². The van der Waals surface area contributed by atoms with Gasteiger partial charge in [-0.15, -0.1) is 18.3 Å². The summed E-state index contributed by atoms with van der Waals surface area (Å²) >= 11 is 1.49. The zero-order valence-electron chi connectivity index (χ0n) is 13.3. The van der Waals surface area contributed by atoms with Crippen molar-refractivity contribution in [1.82, 2.24) is 0 Å². The number of thioether (sulfide) groups is 1. The maximum Gasteiger partial charge on any atom is 0.269 e. The number of hydrogen-bond donors (Lipinski definition) is 0. The quantitative estimate of drug-likeness (QED) is 0.433. The van der Waals surface area contributed by atoms with Gasteiger partial charge >= 0.3 is 0 Å². The highest BCUT2D eigenvalue weighted by Gasteiger charge is 2.11. The molecule has 3 rings (SSSR count). The smallest absolute Gasteiger partial charge is 0.269 e. The molecule has 1 aliphatic heterocycles. The van der Waals surface area contributed by atoms with Gasteiger partial charge in [0.05, 0.1) is 4.92 Å². The Balaban J connectivity index is 2.03. The predicted molar refractivity (Wildman–Crippen MR) is 98.3 cm³/mol. The molecule has 0 spiro atoms. The van der Waals surface area contributed by atoms with Crippen molar-refractivity contribution in [2.75, 3.05) is 6.26 Å². The van der Waals surface area contributed by atoms with Gasteiger partial charge < -0.3 is 10.3 Å². The van der Waals surface area contributed by atoms with E-state index in [9.17, 15) is 14.5 Å². The largest absolute Gasteiger partial charge is 0.436 e. The summed E-state index contributed by atoms with van der Waals surface area (Å²) in [6, 6.07) is 10.6. The van der Waals surface area contributed by atoms with Gasteiger partial charge in [-0.1, -0.05) is 11.9 Å². The molecule has 0 aliphatic carbocycles. The maximum atomic E-state index is 13.7. The van der Waals surface area contributed by atoms with Crippen LogP contribution in [0.4, 0.5) is 10.1 Å². The summed E-state index contributed by atoms with van der Waals surface area (Å²) in [5.74, 6) is -0.0592. The minimum atomic E-state index is -0.459. The van der Waals surface area contributed by atoms with Crippen molar-refractivity contribution in [3.05, 3.63) is 93.3 Å². The third kappa shape index (κ3) is 3.61. The zero-order chi connectivity index (χ0) is 18.0. The van der Waals surface area contributed by atoms with Crippen LogP contribution in [0.1, 0.15) is 11.1 Å². The lowest BCUT2D eigenvalue weighted by molar-refractivity contribution is -0.384.